The normalized spacial score (nSPS) is 10.3. The molecule has 6 heteroatoms. The minimum absolute atomic E-state index is 0.0718. The highest BCUT2D eigenvalue weighted by molar-refractivity contribution is 6.01. The highest BCUT2D eigenvalue weighted by Gasteiger charge is 2.22. The van der Waals surface area contributed by atoms with Crippen LogP contribution < -0.4 is 10.3 Å². The summed E-state index contributed by atoms with van der Waals surface area (Å²) >= 11 is 0. The quantitative estimate of drug-likeness (QED) is 0.869. The van der Waals surface area contributed by atoms with E-state index in [2.05, 4.69) is 0 Å². The smallest absolute Gasteiger partial charge is 0.271 e. The van der Waals surface area contributed by atoms with Gasteiger partial charge in [-0.3, -0.25) is 14.2 Å². The molecule has 1 aromatic carbocycles. The third-order valence-electron chi connectivity index (χ3n) is 4.05. The lowest BCUT2D eigenvalue weighted by atomic mass is 10.0. The van der Waals surface area contributed by atoms with Crippen molar-refractivity contribution in [1.82, 2.24) is 4.57 Å². The van der Waals surface area contributed by atoms with Crippen LogP contribution in [0.4, 0.5) is 0 Å². The maximum atomic E-state index is 12.4. The molecule has 2 aromatic rings. The zero-order valence-corrected chi connectivity index (χ0v) is 14.0. The van der Waals surface area contributed by atoms with Gasteiger partial charge in [-0.1, -0.05) is 6.07 Å². The monoisotopic (exact) mass is 326 g/mol. The number of rotatable bonds is 4. The lowest BCUT2D eigenvalue weighted by molar-refractivity contribution is 0.0916. The molecule has 1 aromatic heterocycles. The van der Waals surface area contributed by atoms with Crippen LogP contribution in [-0.2, 0) is 7.05 Å². The van der Waals surface area contributed by atoms with E-state index in [0.717, 1.165) is 15.7 Å². The molecular formula is C18H18N2O4. The molecule has 0 aliphatic rings. The number of pyridine rings is 1. The molecule has 0 atom stereocenters. The average Bonchev–Trinajstić information content (AvgIpc) is 2.54. The van der Waals surface area contributed by atoms with Crippen molar-refractivity contribution in [1.29, 1.82) is 5.26 Å². The van der Waals surface area contributed by atoms with Gasteiger partial charge in [0, 0.05) is 7.05 Å². The summed E-state index contributed by atoms with van der Waals surface area (Å²) in [4.78, 5) is 24.3. The van der Waals surface area contributed by atoms with Crippen LogP contribution in [0, 0.1) is 32.1 Å². The Labute approximate surface area is 139 Å². The van der Waals surface area contributed by atoms with Gasteiger partial charge in [0.1, 0.15) is 17.4 Å². The Morgan fingerprint density at radius 1 is 1.29 bits per heavy atom. The van der Waals surface area contributed by atoms with E-state index in [-0.39, 0.29) is 23.3 Å². The van der Waals surface area contributed by atoms with E-state index >= 15 is 0 Å². The molecule has 0 saturated carbocycles. The molecule has 1 N–H and O–H groups in total. The molecule has 0 aliphatic heterocycles. The van der Waals surface area contributed by atoms with Crippen LogP contribution in [0.2, 0.25) is 0 Å². The Bertz CT molecular complexity index is 920. The van der Waals surface area contributed by atoms with E-state index in [4.69, 9.17) is 10.00 Å². The van der Waals surface area contributed by atoms with Gasteiger partial charge in [-0.2, -0.15) is 5.26 Å². The summed E-state index contributed by atoms with van der Waals surface area (Å²) < 4.78 is 6.36. The number of ether oxygens (including phenoxy) is 1. The van der Waals surface area contributed by atoms with Crippen molar-refractivity contribution in [2.45, 2.75) is 20.8 Å². The summed E-state index contributed by atoms with van der Waals surface area (Å²) in [6, 6.07) is 7.23. The fourth-order valence-electron chi connectivity index (χ4n) is 2.37. The van der Waals surface area contributed by atoms with Crippen molar-refractivity contribution < 1.29 is 14.6 Å². The Hall–Kier alpha value is -3.07. The van der Waals surface area contributed by atoms with E-state index in [1.807, 2.05) is 26.0 Å². The van der Waals surface area contributed by atoms with E-state index in [9.17, 15) is 14.7 Å². The summed E-state index contributed by atoms with van der Waals surface area (Å²) in [6.45, 7) is 5.06. The van der Waals surface area contributed by atoms with Crippen molar-refractivity contribution in [3.05, 3.63) is 56.4 Å². The number of nitriles is 1. The van der Waals surface area contributed by atoms with E-state index < -0.39 is 17.2 Å². The number of hydrogen-bond acceptors (Lipinski definition) is 5. The van der Waals surface area contributed by atoms with Crippen LogP contribution in [0.15, 0.2) is 23.0 Å². The molecule has 0 bridgehead atoms. The summed E-state index contributed by atoms with van der Waals surface area (Å²) in [5, 5.41) is 19.2. The number of carbonyl (C=O) groups excluding carboxylic acids is 1. The summed E-state index contributed by atoms with van der Waals surface area (Å²) in [7, 11) is 1.30. The largest absolute Gasteiger partial charge is 0.494 e. The van der Waals surface area contributed by atoms with E-state index in [1.165, 1.54) is 14.0 Å². The first kappa shape index (κ1) is 17.3. The lowest BCUT2D eigenvalue weighted by Crippen LogP contribution is -2.25. The first-order valence-electron chi connectivity index (χ1n) is 7.33. The zero-order valence-electron chi connectivity index (χ0n) is 14.0. The standard InChI is InChI=1S/C18H18N2O4/c1-10-5-6-13(7-11(10)2)24-9-15(21)16-12(3)14(8-19)17(22)20(4)18(16)23/h5-7,23H,9H2,1-4H3. The molecule has 0 amide bonds. The molecule has 0 fully saturated rings. The Kier molecular flexibility index (Phi) is 4.74. The molecule has 0 unspecified atom stereocenters. The second kappa shape index (κ2) is 6.59. The molecule has 6 nitrogen and oxygen atoms in total. The number of aryl methyl sites for hydroxylation is 2. The van der Waals surface area contributed by atoms with E-state index in [1.54, 1.807) is 12.1 Å². The van der Waals surface area contributed by atoms with Gasteiger partial charge < -0.3 is 9.84 Å². The van der Waals surface area contributed by atoms with Crippen LogP contribution in [-0.4, -0.2) is 22.1 Å². The Balaban J connectivity index is 2.34. The second-order valence-corrected chi connectivity index (χ2v) is 5.63. The van der Waals surface area contributed by atoms with Crippen LogP contribution in [0.5, 0.6) is 11.6 Å². The van der Waals surface area contributed by atoms with Gasteiger partial charge in [0.25, 0.3) is 5.56 Å². The fraction of sp³-hybridized carbons (Fsp3) is 0.278. The Morgan fingerprint density at radius 3 is 2.54 bits per heavy atom. The number of nitrogens with zero attached hydrogens (tertiary/aromatic N) is 2. The predicted octanol–water partition coefficient (Wildman–Crippen LogP) is 2.15. The van der Waals surface area contributed by atoms with Crippen molar-refractivity contribution in [2.75, 3.05) is 6.61 Å². The SMILES string of the molecule is Cc1ccc(OCC(=O)c2c(C)c(C#N)c(=O)n(C)c2O)cc1C. The molecule has 0 spiro atoms. The summed E-state index contributed by atoms with van der Waals surface area (Å²) in [5.74, 6) is -0.436. The number of aromatic nitrogens is 1. The third-order valence-corrected chi connectivity index (χ3v) is 4.05. The molecular weight excluding hydrogens is 308 g/mol. The minimum Gasteiger partial charge on any atom is -0.494 e. The van der Waals surface area contributed by atoms with Gasteiger partial charge in [-0.25, -0.2) is 0 Å². The molecule has 0 saturated heterocycles. The fourth-order valence-corrected chi connectivity index (χ4v) is 2.37. The maximum absolute atomic E-state index is 12.4. The van der Waals surface area contributed by atoms with E-state index in [0.29, 0.717) is 5.75 Å². The van der Waals surface area contributed by atoms with Gasteiger partial charge >= 0.3 is 0 Å². The minimum atomic E-state index is -0.640. The number of carbonyl (C=O) groups is 1. The molecule has 0 aliphatic carbocycles. The first-order chi connectivity index (χ1) is 11.3. The molecule has 124 valence electrons. The number of benzene rings is 1. The van der Waals surface area contributed by atoms with Crippen molar-refractivity contribution in [3.63, 3.8) is 0 Å². The molecule has 0 radical (unpaired) electrons. The lowest BCUT2D eigenvalue weighted by Gasteiger charge is -2.13. The average molecular weight is 326 g/mol. The van der Waals surface area contributed by atoms with Crippen LogP contribution >= 0.6 is 0 Å². The number of hydrogen-bond donors (Lipinski definition) is 1. The highest BCUT2D eigenvalue weighted by Crippen LogP contribution is 2.22. The van der Waals surface area contributed by atoms with Gasteiger partial charge in [0.15, 0.2) is 6.61 Å². The number of ketones is 1. The van der Waals surface area contributed by atoms with Gasteiger partial charge in [0.2, 0.25) is 11.7 Å². The highest BCUT2D eigenvalue weighted by atomic mass is 16.5. The topological polar surface area (TPSA) is 92.3 Å². The van der Waals surface area contributed by atoms with Crippen molar-refractivity contribution in [2.24, 2.45) is 7.05 Å². The number of aromatic hydroxyl groups is 1. The second-order valence-electron chi connectivity index (χ2n) is 5.63. The predicted molar refractivity (Wildman–Crippen MR) is 88.5 cm³/mol. The third kappa shape index (κ3) is 3.01. The number of Topliss-reactive ketones (excluding diaryl/α,β-unsaturated/α-hetero) is 1. The first-order valence-corrected chi connectivity index (χ1v) is 7.33. The zero-order chi connectivity index (χ0) is 18.0. The van der Waals surface area contributed by atoms with Gasteiger partial charge in [0.05, 0.1) is 5.56 Å². The molecule has 2 rings (SSSR count). The summed E-state index contributed by atoms with van der Waals surface area (Å²) in [6.07, 6.45) is 0. The molecule has 24 heavy (non-hydrogen) atoms. The van der Waals surface area contributed by atoms with Gasteiger partial charge in [-0.05, 0) is 49.6 Å². The summed E-state index contributed by atoms with van der Waals surface area (Å²) in [5.41, 5.74) is 1.43. The van der Waals surface area contributed by atoms with Gasteiger partial charge in [-0.15, -0.1) is 0 Å². The van der Waals surface area contributed by atoms with Crippen LogP contribution in [0.25, 0.3) is 0 Å². The van der Waals surface area contributed by atoms with Crippen molar-refractivity contribution >= 4 is 5.78 Å². The van der Waals surface area contributed by atoms with Crippen LogP contribution in [0.1, 0.15) is 32.6 Å². The van der Waals surface area contributed by atoms with Crippen molar-refractivity contribution in [3.8, 4) is 17.7 Å². The van der Waals surface area contributed by atoms with Crippen LogP contribution in [0.3, 0.4) is 0 Å². The Morgan fingerprint density at radius 2 is 1.96 bits per heavy atom. The molecule has 1 heterocycles. The maximum Gasteiger partial charge on any atom is 0.271 e.